The van der Waals surface area contributed by atoms with E-state index < -0.39 is 26.0 Å². The van der Waals surface area contributed by atoms with Gasteiger partial charge in [-0.3, -0.25) is 9.52 Å². The molecule has 12 heteroatoms. The molecule has 0 fully saturated rings. The van der Waals surface area contributed by atoms with Gasteiger partial charge in [0.25, 0.3) is 26.0 Å². The second-order valence-electron chi connectivity index (χ2n) is 7.66. The summed E-state index contributed by atoms with van der Waals surface area (Å²) in [5.74, 6) is -0.564. The lowest BCUT2D eigenvalue weighted by Gasteiger charge is -2.11. The lowest BCUT2D eigenvalue weighted by atomic mass is 10.2. The third-order valence-corrected chi connectivity index (χ3v) is 7.66. The van der Waals surface area contributed by atoms with Crippen molar-refractivity contribution in [3.05, 3.63) is 102 Å². The predicted molar refractivity (Wildman–Crippen MR) is 136 cm³/mol. The molecule has 0 aliphatic rings. The maximum Gasteiger partial charge on any atom is 0.264 e. The standard InChI is InChI=1S/C24H21N5O5S2/c1-17-6-10-21(11-7-17)35(31,32)28-20-5-2-4-18(16-20)23(30)27-19-8-12-22(13-9-19)36(33,34)29-24-25-14-3-15-26-24/h2-16,28H,1H3,(H,27,30)(H,25,26,29). The molecule has 1 aromatic heterocycles. The van der Waals surface area contributed by atoms with Gasteiger partial charge in [0.2, 0.25) is 5.95 Å². The smallest absolute Gasteiger partial charge is 0.264 e. The minimum Gasteiger partial charge on any atom is -0.322 e. The van der Waals surface area contributed by atoms with Crippen LogP contribution in [-0.2, 0) is 20.0 Å². The quantitative estimate of drug-likeness (QED) is 0.319. The summed E-state index contributed by atoms with van der Waals surface area (Å²) in [5.41, 5.74) is 1.71. The Labute approximate surface area is 208 Å². The van der Waals surface area contributed by atoms with Gasteiger partial charge in [-0.2, -0.15) is 0 Å². The van der Waals surface area contributed by atoms with Crippen LogP contribution in [0.5, 0.6) is 0 Å². The van der Waals surface area contributed by atoms with E-state index in [-0.39, 0.29) is 27.0 Å². The minimum absolute atomic E-state index is 0.0412. The number of benzene rings is 3. The topological polar surface area (TPSA) is 147 Å². The molecule has 0 unspecified atom stereocenters. The lowest BCUT2D eigenvalue weighted by molar-refractivity contribution is 0.102. The molecule has 0 radical (unpaired) electrons. The Kier molecular flexibility index (Phi) is 6.99. The second-order valence-corrected chi connectivity index (χ2v) is 11.0. The Morgan fingerprint density at radius 1 is 0.694 bits per heavy atom. The molecule has 10 nitrogen and oxygen atoms in total. The largest absolute Gasteiger partial charge is 0.322 e. The number of sulfonamides is 2. The molecule has 0 saturated carbocycles. The van der Waals surface area contributed by atoms with Crippen LogP contribution in [0.15, 0.2) is 101 Å². The van der Waals surface area contributed by atoms with Gasteiger partial charge in [0.05, 0.1) is 9.79 Å². The van der Waals surface area contributed by atoms with Crippen molar-refractivity contribution in [3.8, 4) is 0 Å². The normalized spacial score (nSPS) is 11.5. The van der Waals surface area contributed by atoms with Gasteiger partial charge in [-0.15, -0.1) is 0 Å². The molecule has 4 rings (SSSR count). The first-order valence-electron chi connectivity index (χ1n) is 10.5. The van der Waals surface area contributed by atoms with E-state index in [1.54, 1.807) is 24.3 Å². The highest BCUT2D eigenvalue weighted by Crippen LogP contribution is 2.20. The molecule has 0 atom stereocenters. The van der Waals surface area contributed by atoms with Crippen molar-refractivity contribution in [2.75, 3.05) is 14.8 Å². The van der Waals surface area contributed by atoms with Crippen LogP contribution in [0.25, 0.3) is 0 Å². The van der Waals surface area contributed by atoms with Gasteiger partial charge in [0.15, 0.2) is 0 Å². The molecular formula is C24H21N5O5S2. The van der Waals surface area contributed by atoms with Crippen LogP contribution in [-0.4, -0.2) is 32.7 Å². The number of anilines is 3. The maximum atomic E-state index is 12.7. The van der Waals surface area contributed by atoms with E-state index >= 15 is 0 Å². The third-order valence-electron chi connectivity index (χ3n) is 4.92. The highest BCUT2D eigenvalue weighted by atomic mass is 32.2. The number of carbonyl (C=O) groups excluding carboxylic acids is 1. The van der Waals surface area contributed by atoms with Gasteiger partial charge in [-0.05, 0) is 67.6 Å². The molecule has 1 heterocycles. The Balaban J connectivity index is 1.44. The lowest BCUT2D eigenvalue weighted by Crippen LogP contribution is -2.16. The van der Waals surface area contributed by atoms with Crippen molar-refractivity contribution in [3.63, 3.8) is 0 Å². The van der Waals surface area contributed by atoms with Crippen LogP contribution in [0.2, 0.25) is 0 Å². The van der Waals surface area contributed by atoms with Crippen LogP contribution in [0.4, 0.5) is 17.3 Å². The summed E-state index contributed by atoms with van der Waals surface area (Å²) >= 11 is 0. The summed E-state index contributed by atoms with van der Waals surface area (Å²) < 4.78 is 55.0. The minimum atomic E-state index is -3.91. The van der Waals surface area contributed by atoms with Crippen LogP contribution in [0, 0.1) is 6.92 Å². The number of nitrogens with zero attached hydrogens (tertiary/aromatic N) is 2. The molecule has 1 amide bonds. The van der Waals surface area contributed by atoms with Gasteiger partial charge in [-0.25, -0.2) is 31.5 Å². The second kappa shape index (κ2) is 10.1. The van der Waals surface area contributed by atoms with Gasteiger partial charge in [0, 0.05) is 29.3 Å². The molecule has 3 N–H and O–H groups in total. The number of rotatable bonds is 8. The molecule has 0 bridgehead atoms. The first-order chi connectivity index (χ1) is 17.1. The van der Waals surface area contributed by atoms with Crippen LogP contribution < -0.4 is 14.8 Å². The monoisotopic (exact) mass is 523 g/mol. The molecule has 0 aliphatic heterocycles. The third kappa shape index (κ3) is 6.03. The summed E-state index contributed by atoms with van der Waals surface area (Å²) in [6.45, 7) is 1.86. The van der Waals surface area contributed by atoms with E-state index in [0.29, 0.717) is 5.69 Å². The number of nitrogens with one attached hydrogen (secondary N) is 3. The fourth-order valence-corrected chi connectivity index (χ4v) is 5.11. The summed E-state index contributed by atoms with van der Waals surface area (Å²) in [5, 5.41) is 2.66. The zero-order valence-electron chi connectivity index (χ0n) is 18.9. The summed E-state index contributed by atoms with van der Waals surface area (Å²) in [7, 11) is -7.74. The van der Waals surface area contributed by atoms with Gasteiger partial charge in [0.1, 0.15) is 0 Å². The van der Waals surface area contributed by atoms with Gasteiger partial charge < -0.3 is 5.32 Å². The molecule has 0 saturated heterocycles. The summed E-state index contributed by atoms with van der Waals surface area (Å²) in [6.07, 6.45) is 2.82. The van der Waals surface area contributed by atoms with Crippen molar-refractivity contribution in [2.45, 2.75) is 16.7 Å². The van der Waals surface area contributed by atoms with Crippen LogP contribution >= 0.6 is 0 Å². The average molecular weight is 524 g/mol. The number of amides is 1. The zero-order chi connectivity index (χ0) is 25.8. The number of aromatic nitrogens is 2. The summed E-state index contributed by atoms with van der Waals surface area (Å²) in [6, 6.07) is 19.5. The Morgan fingerprint density at radius 2 is 1.28 bits per heavy atom. The average Bonchev–Trinajstić information content (AvgIpc) is 2.85. The Morgan fingerprint density at radius 3 is 1.92 bits per heavy atom. The fourth-order valence-electron chi connectivity index (χ4n) is 3.11. The number of aryl methyl sites for hydroxylation is 1. The van der Waals surface area contributed by atoms with Crippen molar-refractivity contribution >= 4 is 43.3 Å². The highest BCUT2D eigenvalue weighted by molar-refractivity contribution is 7.93. The van der Waals surface area contributed by atoms with E-state index in [1.807, 2.05) is 6.92 Å². The van der Waals surface area contributed by atoms with E-state index in [9.17, 15) is 21.6 Å². The Bertz CT molecular complexity index is 1590. The molecule has 0 spiro atoms. The molecule has 3 aromatic carbocycles. The number of carbonyl (C=O) groups is 1. The summed E-state index contributed by atoms with van der Waals surface area (Å²) in [4.78, 5) is 20.4. The molecule has 4 aromatic rings. The first kappa shape index (κ1) is 24.8. The van der Waals surface area contributed by atoms with Gasteiger partial charge in [-0.1, -0.05) is 23.8 Å². The molecule has 36 heavy (non-hydrogen) atoms. The number of hydrogen-bond donors (Lipinski definition) is 3. The fraction of sp³-hybridized carbons (Fsp3) is 0.0417. The zero-order valence-corrected chi connectivity index (χ0v) is 20.5. The van der Waals surface area contributed by atoms with Crippen LogP contribution in [0.3, 0.4) is 0 Å². The van der Waals surface area contributed by atoms with Crippen LogP contribution in [0.1, 0.15) is 15.9 Å². The van der Waals surface area contributed by atoms with E-state index in [2.05, 4.69) is 24.7 Å². The SMILES string of the molecule is Cc1ccc(S(=O)(=O)Nc2cccc(C(=O)Nc3ccc(S(=O)(=O)Nc4ncccn4)cc3)c2)cc1. The predicted octanol–water partition coefficient (Wildman–Crippen LogP) is 3.64. The van der Waals surface area contributed by atoms with Crippen molar-refractivity contribution < 1.29 is 21.6 Å². The van der Waals surface area contributed by atoms with Gasteiger partial charge >= 0.3 is 0 Å². The molecule has 0 aliphatic carbocycles. The van der Waals surface area contributed by atoms with E-state index in [0.717, 1.165) is 5.56 Å². The van der Waals surface area contributed by atoms with Crippen molar-refractivity contribution in [1.29, 1.82) is 0 Å². The molecular weight excluding hydrogens is 502 g/mol. The molecule has 184 valence electrons. The maximum absolute atomic E-state index is 12.7. The number of hydrogen-bond acceptors (Lipinski definition) is 7. The van der Waals surface area contributed by atoms with Crippen molar-refractivity contribution in [2.24, 2.45) is 0 Å². The van der Waals surface area contributed by atoms with E-state index in [1.165, 1.54) is 67.0 Å². The Hall–Kier alpha value is -4.29. The van der Waals surface area contributed by atoms with Crippen molar-refractivity contribution in [1.82, 2.24) is 9.97 Å². The highest BCUT2D eigenvalue weighted by Gasteiger charge is 2.17. The van der Waals surface area contributed by atoms with E-state index in [4.69, 9.17) is 0 Å². The first-order valence-corrected chi connectivity index (χ1v) is 13.5.